The molecule has 0 fully saturated rings. The zero-order valence-corrected chi connectivity index (χ0v) is 18.5. The minimum Gasteiger partial charge on any atom is -0.329 e. The monoisotopic (exact) mass is 412 g/mol. The fraction of sp³-hybridized carbons (Fsp3) is 0.250. The third-order valence-corrected chi connectivity index (χ3v) is 5.75. The van der Waals surface area contributed by atoms with Gasteiger partial charge in [0.1, 0.15) is 6.29 Å². The summed E-state index contributed by atoms with van der Waals surface area (Å²) in [5.74, 6) is 0. The number of fused-ring (bicyclic) bond motifs is 2. The van der Waals surface area contributed by atoms with Crippen LogP contribution in [0.25, 0.3) is 21.5 Å². The molecule has 0 amide bonds. The van der Waals surface area contributed by atoms with E-state index in [0.29, 0.717) is 19.4 Å². The van der Waals surface area contributed by atoms with Crippen LogP contribution in [0.15, 0.2) is 84.9 Å². The number of aldehydes is 1. The molecule has 0 atom stereocenters. The molecule has 0 bridgehead atoms. The van der Waals surface area contributed by atoms with Crippen LogP contribution in [0.2, 0.25) is 0 Å². The average molecular weight is 413 g/mol. The predicted molar refractivity (Wildman–Crippen MR) is 132 cm³/mol. The smallest absolute Gasteiger partial charge is 0.128 e. The zero-order chi connectivity index (χ0) is 22.1. The van der Waals surface area contributed by atoms with Crippen molar-refractivity contribution in [3.8, 4) is 0 Å². The maximum Gasteiger partial charge on any atom is 0.128 e. The van der Waals surface area contributed by atoms with Crippen molar-refractivity contribution in [3.05, 3.63) is 96.1 Å². The van der Waals surface area contributed by atoms with Crippen molar-refractivity contribution in [2.75, 3.05) is 20.1 Å². The van der Waals surface area contributed by atoms with E-state index in [2.05, 4.69) is 72.9 Å². The summed E-state index contributed by atoms with van der Waals surface area (Å²) in [7, 11) is 1.93. The lowest BCUT2D eigenvalue weighted by atomic mass is 9.77. The molecule has 0 heterocycles. The summed E-state index contributed by atoms with van der Waals surface area (Å²) in [5, 5.41) is 7.73. The summed E-state index contributed by atoms with van der Waals surface area (Å²) in [6, 6.07) is 29.4. The Morgan fingerprint density at radius 3 is 1.55 bits per heavy atom. The van der Waals surface area contributed by atoms with E-state index < -0.39 is 5.41 Å². The van der Waals surface area contributed by atoms with Crippen molar-refractivity contribution in [3.63, 3.8) is 0 Å². The number of nitrogens with one attached hydrogen (secondary N) is 1. The van der Waals surface area contributed by atoms with Crippen LogP contribution in [0.4, 0.5) is 0 Å². The Balaban J connectivity index is 0.000000628. The quantitative estimate of drug-likeness (QED) is 0.413. The lowest BCUT2D eigenvalue weighted by Crippen LogP contribution is -2.36. The molecule has 0 radical (unpaired) electrons. The van der Waals surface area contributed by atoms with Crippen LogP contribution in [0, 0.1) is 5.41 Å². The van der Waals surface area contributed by atoms with Gasteiger partial charge in [0.05, 0.1) is 0 Å². The first-order valence-electron chi connectivity index (χ1n) is 10.9. The molecule has 0 saturated carbocycles. The number of benzene rings is 4. The van der Waals surface area contributed by atoms with Gasteiger partial charge in [-0.15, -0.1) is 0 Å². The largest absolute Gasteiger partial charge is 0.329 e. The first-order chi connectivity index (χ1) is 15.1. The van der Waals surface area contributed by atoms with E-state index in [-0.39, 0.29) is 0 Å². The van der Waals surface area contributed by atoms with Gasteiger partial charge in [-0.25, -0.2) is 0 Å². The molecule has 0 aliphatic heterocycles. The van der Waals surface area contributed by atoms with Crippen LogP contribution in [-0.4, -0.2) is 26.4 Å². The molecular formula is C28H32N2O. The topological polar surface area (TPSA) is 55.1 Å². The molecule has 0 spiro atoms. The first-order valence-corrected chi connectivity index (χ1v) is 10.9. The molecular weight excluding hydrogens is 380 g/mol. The Kier molecular flexibility index (Phi) is 7.94. The molecule has 160 valence electrons. The number of hydrogen-bond acceptors (Lipinski definition) is 3. The molecule has 3 N–H and O–H groups in total. The minimum absolute atomic E-state index is 0.330. The highest BCUT2D eigenvalue weighted by atomic mass is 16.1. The van der Waals surface area contributed by atoms with E-state index in [4.69, 9.17) is 5.73 Å². The van der Waals surface area contributed by atoms with Crippen molar-refractivity contribution in [2.24, 2.45) is 11.1 Å². The van der Waals surface area contributed by atoms with E-state index in [1.807, 2.05) is 31.3 Å². The summed E-state index contributed by atoms with van der Waals surface area (Å²) in [4.78, 5) is 12.1. The van der Waals surface area contributed by atoms with Gasteiger partial charge in [-0.1, -0.05) is 91.9 Å². The molecule has 4 aromatic carbocycles. The van der Waals surface area contributed by atoms with Crippen LogP contribution in [0.5, 0.6) is 0 Å². The van der Waals surface area contributed by atoms with Crippen molar-refractivity contribution in [2.45, 2.75) is 19.8 Å². The third-order valence-electron chi connectivity index (χ3n) is 5.75. The molecule has 4 aromatic rings. The van der Waals surface area contributed by atoms with E-state index in [0.717, 1.165) is 24.0 Å². The summed E-state index contributed by atoms with van der Waals surface area (Å²) in [6.07, 6.45) is 2.34. The molecule has 0 saturated heterocycles. The van der Waals surface area contributed by atoms with E-state index in [1.165, 1.54) is 21.5 Å². The van der Waals surface area contributed by atoms with Crippen LogP contribution in [0.1, 0.15) is 18.1 Å². The Morgan fingerprint density at radius 2 is 1.19 bits per heavy atom. The van der Waals surface area contributed by atoms with Gasteiger partial charge in [-0.3, -0.25) is 0 Å². The summed E-state index contributed by atoms with van der Waals surface area (Å²) < 4.78 is 0. The molecule has 0 aliphatic carbocycles. The number of carbonyl (C=O) groups is 1. The summed E-state index contributed by atoms with van der Waals surface area (Å²) in [6.45, 7) is 3.47. The van der Waals surface area contributed by atoms with Crippen molar-refractivity contribution in [1.82, 2.24) is 5.32 Å². The van der Waals surface area contributed by atoms with E-state index >= 15 is 0 Å². The highest BCUT2D eigenvalue weighted by Gasteiger charge is 2.29. The molecule has 3 heteroatoms. The average Bonchev–Trinajstić information content (AvgIpc) is 2.83. The molecule has 0 aliphatic rings. The number of hydrogen-bond donors (Lipinski definition) is 2. The second-order valence-corrected chi connectivity index (χ2v) is 8.11. The SMILES string of the molecule is CCNC.NCC(C=O)(Cc1ccc2ccccc2c1)Cc1ccc2ccccc2c1. The molecule has 4 rings (SSSR count). The van der Waals surface area contributed by atoms with Crippen LogP contribution in [-0.2, 0) is 17.6 Å². The minimum atomic E-state index is -0.592. The van der Waals surface area contributed by atoms with Crippen LogP contribution in [0.3, 0.4) is 0 Å². The fourth-order valence-electron chi connectivity index (χ4n) is 3.85. The van der Waals surface area contributed by atoms with Gasteiger partial charge in [0.15, 0.2) is 0 Å². The predicted octanol–water partition coefficient (Wildman–Crippen LogP) is 5.15. The van der Waals surface area contributed by atoms with Gasteiger partial charge >= 0.3 is 0 Å². The molecule has 3 nitrogen and oxygen atoms in total. The molecule has 0 aromatic heterocycles. The lowest BCUT2D eigenvalue weighted by molar-refractivity contribution is -0.115. The van der Waals surface area contributed by atoms with Gasteiger partial charge in [-0.2, -0.15) is 0 Å². The van der Waals surface area contributed by atoms with E-state index in [1.54, 1.807) is 0 Å². The first kappa shape index (κ1) is 22.7. The number of carbonyl (C=O) groups excluding carboxylic acids is 1. The summed E-state index contributed by atoms with van der Waals surface area (Å²) in [5.41, 5.74) is 7.81. The van der Waals surface area contributed by atoms with Gasteiger partial charge in [0, 0.05) is 12.0 Å². The van der Waals surface area contributed by atoms with Crippen LogP contribution >= 0.6 is 0 Å². The Labute approximate surface area is 185 Å². The third kappa shape index (κ3) is 5.78. The Morgan fingerprint density at radius 1 is 0.774 bits per heavy atom. The molecule has 31 heavy (non-hydrogen) atoms. The maximum absolute atomic E-state index is 12.1. The second-order valence-electron chi connectivity index (χ2n) is 8.11. The standard InChI is InChI=1S/C25H23NO.C3H9N/c26-17-25(18-27,15-19-9-11-21-5-1-3-7-23(21)13-19)16-20-10-12-22-6-2-4-8-24(22)14-20;1-3-4-2/h1-14,18H,15-17,26H2;4H,3H2,1-2H3. The number of nitrogens with two attached hydrogens (primary N) is 1. The number of rotatable bonds is 7. The fourth-order valence-corrected chi connectivity index (χ4v) is 3.85. The highest BCUT2D eigenvalue weighted by Crippen LogP contribution is 2.28. The Bertz CT molecular complexity index is 1050. The van der Waals surface area contributed by atoms with Gasteiger partial charge in [-0.05, 0) is 59.1 Å². The zero-order valence-electron chi connectivity index (χ0n) is 18.5. The van der Waals surface area contributed by atoms with Crippen molar-refractivity contribution in [1.29, 1.82) is 0 Å². The normalized spacial score (nSPS) is 11.2. The second kappa shape index (κ2) is 10.9. The highest BCUT2D eigenvalue weighted by molar-refractivity contribution is 5.84. The Hall–Kier alpha value is -3.01. The van der Waals surface area contributed by atoms with Gasteiger partial charge in [0.25, 0.3) is 0 Å². The van der Waals surface area contributed by atoms with Crippen molar-refractivity contribution >= 4 is 27.8 Å². The summed E-state index contributed by atoms with van der Waals surface area (Å²) >= 11 is 0. The lowest BCUT2D eigenvalue weighted by Gasteiger charge is -2.27. The van der Waals surface area contributed by atoms with Crippen molar-refractivity contribution < 1.29 is 4.79 Å². The molecule has 0 unspecified atom stereocenters. The maximum atomic E-state index is 12.1. The van der Waals surface area contributed by atoms with Crippen LogP contribution < -0.4 is 11.1 Å². The van der Waals surface area contributed by atoms with Gasteiger partial charge in [0.2, 0.25) is 0 Å². The van der Waals surface area contributed by atoms with E-state index in [9.17, 15) is 4.79 Å². The van der Waals surface area contributed by atoms with Gasteiger partial charge < -0.3 is 15.8 Å².